The fourth-order valence-electron chi connectivity index (χ4n) is 2.63. The predicted molar refractivity (Wildman–Crippen MR) is 50.3 cm³/mol. The van der Waals surface area contributed by atoms with Crippen LogP contribution in [0.4, 0.5) is 0 Å². The predicted octanol–water partition coefficient (Wildman–Crippen LogP) is 1.91. The summed E-state index contributed by atoms with van der Waals surface area (Å²) < 4.78 is 0. The highest BCUT2D eigenvalue weighted by molar-refractivity contribution is 5.89. The van der Waals surface area contributed by atoms with Crippen molar-refractivity contribution in [3.05, 3.63) is 0 Å². The highest BCUT2D eigenvalue weighted by Crippen LogP contribution is 2.48. The molecule has 0 heterocycles. The number of aliphatic hydroxyl groups excluding tert-OH is 1. The smallest absolute Gasteiger partial charge is 0.144 e. The normalized spacial score (nSPS) is 28.8. The van der Waals surface area contributed by atoms with E-state index in [-0.39, 0.29) is 5.41 Å². The molecule has 1 unspecified atom stereocenters. The van der Waals surface area contributed by atoms with Gasteiger partial charge in [0.25, 0.3) is 0 Å². The zero-order valence-corrected chi connectivity index (χ0v) is 8.25. The van der Waals surface area contributed by atoms with Gasteiger partial charge in [-0.3, -0.25) is 4.79 Å². The summed E-state index contributed by atoms with van der Waals surface area (Å²) in [6, 6.07) is 0. The maximum Gasteiger partial charge on any atom is 0.144 e. The zero-order valence-electron chi connectivity index (χ0n) is 8.25. The van der Waals surface area contributed by atoms with Crippen LogP contribution in [-0.4, -0.2) is 17.0 Å². The molecule has 0 aromatic heterocycles. The lowest BCUT2D eigenvalue weighted by Crippen LogP contribution is -2.39. The molecule has 1 N–H and O–H groups in total. The summed E-state index contributed by atoms with van der Waals surface area (Å²) >= 11 is 0. The summed E-state index contributed by atoms with van der Waals surface area (Å²) in [5, 5.41) is 9.73. The summed E-state index contributed by atoms with van der Waals surface area (Å²) in [5.74, 6) is 0.660. The fourth-order valence-corrected chi connectivity index (χ4v) is 2.63. The molecule has 0 spiro atoms. The van der Waals surface area contributed by atoms with Crippen molar-refractivity contribution in [3.8, 4) is 0 Å². The minimum Gasteiger partial charge on any atom is -0.392 e. The van der Waals surface area contributed by atoms with Crippen molar-refractivity contribution < 1.29 is 9.90 Å². The van der Waals surface area contributed by atoms with Crippen LogP contribution in [0.2, 0.25) is 0 Å². The molecular formula is C11H18O2. The van der Waals surface area contributed by atoms with Crippen LogP contribution in [0.5, 0.6) is 0 Å². The third-order valence-electron chi connectivity index (χ3n) is 3.73. The summed E-state index contributed by atoms with van der Waals surface area (Å²) in [5.41, 5.74) is -0.346. The van der Waals surface area contributed by atoms with E-state index in [1.165, 1.54) is 0 Å². The van der Waals surface area contributed by atoms with Crippen LogP contribution in [0.25, 0.3) is 0 Å². The van der Waals surface area contributed by atoms with Crippen molar-refractivity contribution >= 4 is 5.78 Å². The Morgan fingerprint density at radius 3 is 2.31 bits per heavy atom. The van der Waals surface area contributed by atoms with Gasteiger partial charge in [0.1, 0.15) is 5.78 Å². The second-order valence-corrected chi connectivity index (χ2v) is 4.68. The first-order valence-corrected chi connectivity index (χ1v) is 5.39. The third kappa shape index (κ3) is 1.41. The number of Topliss-reactive ketones (excluding diaryl/α,β-unsaturated/α-hetero) is 1. The van der Waals surface area contributed by atoms with Crippen LogP contribution < -0.4 is 0 Å². The van der Waals surface area contributed by atoms with Crippen LogP contribution in [0.15, 0.2) is 0 Å². The first kappa shape index (κ1) is 9.20. The highest BCUT2D eigenvalue weighted by atomic mass is 16.3. The minimum atomic E-state index is -0.442. The Balaban J connectivity index is 2.16. The Morgan fingerprint density at radius 2 is 1.92 bits per heavy atom. The SMILES string of the molecule is CC(O)C1(C(=O)C2CC2)CCCC1. The number of carbonyl (C=O) groups is 1. The van der Waals surface area contributed by atoms with E-state index in [1.54, 1.807) is 6.92 Å². The van der Waals surface area contributed by atoms with Gasteiger partial charge < -0.3 is 5.11 Å². The molecule has 2 aliphatic rings. The molecule has 13 heavy (non-hydrogen) atoms. The van der Waals surface area contributed by atoms with Gasteiger partial charge in [-0.2, -0.15) is 0 Å². The summed E-state index contributed by atoms with van der Waals surface area (Å²) in [4.78, 5) is 12.0. The quantitative estimate of drug-likeness (QED) is 0.724. The van der Waals surface area contributed by atoms with Gasteiger partial charge in [0.05, 0.1) is 11.5 Å². The van der Waals surface area contributed by atoms with E-state index in [9.17, 15) is 9.90 Å². The van der Waals surface area contributed by atoms with E-state index in [0.717, 1.165) is 38.5 Å². The topological polar surface area (TPSA) is 37.3 Å². The van der Waals surface area contributed by atoms with E-state index in [2.05, 4.69) is 0 Å². The number of carbonyl (C=O) groups excluding carboxylic acids is 1. The molecule has 2 saturated carbocycles. The summed E-state index contributed by atoms with van der Waals surface area (Å²) in [6.07, 6.45) is 5.75. The van der Waals surface area contributed by atoms with Crippen molar-refractivity contribution in [1.29, 1.82) is 0 Å². The molecule has 0 aromatic rings. The molecule has 0 amide bonds. The first-order valence-electron chi connectivity index (χ1n) is 5.39. The lowest BCUT2D eigenvalue weighted by atomic mass is 9.75. The average molecular weight is 182 g/mol. The number of hydrogen-bond acceptors (Lipinski definition) is 2. The second kappa shape index (κ2) is 3.09. The molecule has 1 atom stereocenters. The molecule has 2 rings (SSSR count). The van der Waals surface area contributed by atoms with E-state index in [1.807, 2.05) is 0 Å². The largest absolute Gasteiger partial charge is 0.392 e. The van der Waals surface area contributed by atoms with E-state index in [4.69, 9.17) is 0 Å². The number of aliphatic hydroxyl groups is 1. The van der Waals surface area contributed by atoms with E-state index < -0.39 is 6.10 Å². The second-order valence-electron chi connectivity index (χ2n) is 4.68. The van der Waals surface area contributed by atoms with Gasteiger partial charge in [-0.25, -0.2) is 0 Å². The van der Waals surface area contributed by atoms with Crippen LogP contribution in [0, 0.1) is 11.3 Å². The van der Waals surface area contributed by atoms with Gasteiger partial charge in [-0.15, -0.1) is 0 Å². The van der Waals surface area contributed by atoms with Crippen molar-refractivity contribution in [2.75, 3.05) is 0 Å². The monoisotopic (exact) mass is 182 g/mol. The Bertz CT molecular complexity index is 210. The van der Waals surface area contributed by atoms with Crippen molar-refractivity contribution in [3.63, 3.8) is 0 Å². The number of ketones is 1. The maximum atomic E-state index is 12.0. The molecule has 0 aliphatic heterocycles. The lowest BCUT2D eigenvalue weighted by molar-refractivity contribution is -0.136. The van der Waals surface area contributed by atoms with Gasteiger partial charge >= 0.3 is 0 Å². The van der Waals surface area contributed by atoms with Crippen molar-refractivity contribution in [2.45, 2.75) is 51.6 Å². The van der Waals surface area contributed by atoms with E-state index >= 15 is 0 Å². The maximum absolute atomic E-state index is 12.0. The zero-order chi connectivity index (χ0) is 9.47. The number of hydrogen-bond donors (Lipinski definition) is 1. The summed E-state index contributed by atoms with van der Waals surface area (Å²) in [6.45, 7) is 1.78. The van der Waals surface area contributed by atoms with Gasteiger partial charge in [0.15, 0.2) is 0 Å². The highest BCUT2D eigenvalue weighted by Gasteiger charge is 2.49. The van der Waals surface area contributed by atoms with Crippen LogP contribution >= 0.6 is 0 Å². The van der Waals surface area contributed by atoms with E-state index in [0.29, 0.717) is 11.7 Å². The lowest BCUT2D eigenvalue weighted by Gasteiger charge is -2.30. The fraction of sp³-hybridized carbons (Fsp3) is 0.909. The van der Waals surface area contributed by atoms with Crippen LogP contribution in [0.3, 0.4) is 0 Å². The van der Waals surface area contributed by atoms with Crippen LogP contribution in [0.1, 0.15) is 45.4 Å². The van der Waals surface area contributed by atoms with Crippen molar-refractivity contribution in [2.24, 2.45) is 11.3 Å². The molecule has 2 fully saturated rings. The Labute approximate surface area is 79.3 Å². The average Bonchev–Trinajstić information content (AvgIpc) is 2.81. The molecule has 2 aliphatic carbocycles. The third-order valence-corrected chi connectivity index (χ3v) is 3.73. The minimum absolute atomic E-state index is 0.299. The first-order chi connectivity index (χ1) is 6.17. The molecule has 0 aromatic carbocycles. The molecular weight excluding hydrogens is 164 g/mol. The van der Waals surface area contributed by atoms with Gasteiger partial charge in [0.2, 0.25) is 0 Å². The molecule has 0 radical (unpaired) electrons. The number of rotatable bonds is 3. The standard InChI is InChI=1S/C11H18O2/c1-8(12)11(6-2-3-7-11)10(13)9-4-5-9/h8-9,12H,2-7H2,1H3. The Kier molecular flexibility index (Phi) is 2.18. The Morgan fingerprint density at radius 1 is 1.38 bits per heavy atom. The van der Waals surface area contributed by atoms with Gasteiger partial charge in [0, 0.05) is 5.92 Å². The van der Waals surface area contributed by atoms with Crippen LogP contribution in [-0.2, 0) is 4.79 Å². The molecule has 2 heteroatoms. The van der Waals surface area contributed by atoms with Crippen molar-refractivity contribution in [1.82, 2.24) is 0 Å². The molecule has 2 nitrogen and oxygen atoms in total. The molecule has 0 saturated heterocycles. The Hall–Kier alpha value is -0.370. The molecule has 0 bridgehead atoms. The van der Waals surface area contributed by atoms with Gasteiger partial charge in [-0.05, 0) is 32.6 Å². The molecule has 74 valence electrons. The van der Waals surface area contributed by atoms with Gasteiger partial charge in [-0.1, -0.05) is 12.8 Å². The summed E-state index contributed by atoms with van der Waals surface area (Å²) in [7, 11) is 0.